The second-order valence-electron chi connectivity index (χ2n) is 6.41. The van der Waals surface area contributed by atoms with E-state index < -0.39 is 0 Å². The van der Waals surface area contributed by atoms with Gasteiger partial charge in [-0.05, 0) is 35.7 Å². The molecule has 0 bridgehead atoms. The minimum atomic E-state index is -0.311. The molecular formula is C20H24FN3O2. The van der Waals surface area contributed by atoms with Gasteiger partial charge >= 0.3 is 0 Å². The summed E-state index contributed by atoms with van der Waals surface area (Å²) in [5.41, 5.74) is 1.92. The highest BCUT2D eigenvalue weighted by Crippen LogP contribution is 2.14. The Kier molecular flexibility index (Phi) is 7.14. The Labute approximate surface area is 153 Å². The summed E-state index contributed by atoms with van der Waals surface area (Å²) in [7, 11) is 0. The molecule has 138 valence electrons. The van der Waals surface area contributed by atoms with Crippen LogP contribution < -0.4 is 16.0 Å². The Hall–Kier alpha value is -2.89. The zero-order chi connectivity index (χ0) is 18.9. The summed E-state index contributed by atoms with van der Waals surface area (Å²) in [5.74, 6) is -0.342. The SMILES string of the molecule is CC(C)CNC(=O)c1ccccc1NCC(=O)NCc1ccc(F)cc1. The van der Waals surface area contributed by atoms with Gasteiger partial charge in [0.2, 0.25) is 5.91 Å². The van der Waals surface area contributed by atoms with Crippen molar-refractivity contribution >= 4 is 17.5 Å². The highest BCUT2D eigenvalue weighted by atomic mass is 19.1. The number of benzene rings is 2. The molecule has 0 saturated carbocycles. The van der Waals surface area contributed by atoms with Crippen molar-refractivity contribution in [1.82, 2.24) is 10.6 Å². The Balaban J connectivity index is 1.87. The van der Waals surface area contributed by atoms with Gasteiger partial charge in [-0.1, -0.05) is 38.1 Å². The first kappa shape index (κ1) is 19.4. The van der Waals surface area contributed by atoms with Gasteiger partial charge in [-0.2, -0.15) is 0 Å². The van der Waals surface area contributed by atoms with Crippen LogP contribution in [-0.2, 0) is 11.3 Å². The maximum Gasteiger partial charge on any atom is 0.253 e. The first-order valence-corrected chi connectivity index (χ1v) is 8.58. The molecule has 2 amide bonds. The largest absolute Gasteiger partial charge is 0.376 e. The summed E-state index contributed by atoms with van der Waals surface area (Å²) in [5, 5.41) is 8.61. The molecule has 0 radical (unpaired) electrons. The molecule has 2 aromatic rings. The smallest absolute Gasteiger partial charge is 0.253 e. The van der Waals surface area contributed by atoms with Gasteiger partial charge in [-0.25, -0.2) is 4.39 Å². The lowest BCUT2D eigenvalue weighted by molar-refractivity contribution is -0.119. The molecule has 6 heteroatoms. The molecule has 0 atom stereocenters. The van der Waals surface area contributed by atoms with Crippen LogP contribution in [0.25, 0.3) is 0 Å². The van der Waals surface area contributed by atoms with Crippen LogP contribution in [-0.4, -0.2) is 24.9 Å². The van der Waals surface area contributed by atoms with E-state index in [0.717, 1.165) is 5.56 Å². The predicted molar refractivity (Wildman–Crippen MR) is 100 cm³/mol. The van der Waals surface area contributed by atoms with Crippen LogP contribution in [0, 0.1) is 11.7 Å². The lowest BCUT2D eigenvalue weighted by Crippen LogP contribution is -2.31. The van der Waals surface area contributed by atoms with Gasteiger partial charge in [0.15, 0.2) is 0 Å². The van der Waals surface area contributed by atoms with Crippen molar-refractivity contribution in [3.05, 3.63) is 65.5 Å². The average Bonchev–Trinajstić information content (AvgIpc) is 2.64. The fraction of sp³-hybridized carbons (Fsp3) is 0.300. The zero-order valence-corrected chi connectivity index (χ0v) is 15.0. The van der Waals surface area contributed by atoms with E-state index in [1.54, 1.807) is 36.4 Å². The third-order valence-electron chi connectivity index (χ3n) is 3.68. The molecular weight excluding hydrogens is 333 g/mol. The fourth-order valence-corrected chi connectivity index (χ4v) is 2.27. The normalized spacial score (nSPS) is 10.5. The van der Waals surface area contributed by atoms with Crippen molar-refractivity contribution in [2.75, 3.05) is 18.4 Å². The summed E-state index contributed by atoms with van der Waals surface area (Å²) >= 11 is 0. The number of nitrogens with one attached hydrogen (secondary N) is 3. The lowest BCUT2D eigenvalue weighted by atomic mass is 10.1. The Morgan fingerprint density at radius 3 is 2.38 bits per heavy atom. The summed E-state index contributed by atoms with van der Waals surface area (Å²) in [6, 6.07) is 13.0. The molecule has 0 fully saturated rings. The maximum absolute atomic E-state index is 12.9. The third kappa shape index (κ3) is 6.20. The second kappa shape index (κ2) is 9.56. The minimum Gasteiger partial charge on any atom is -0.376 e. The van der Waals surface area contributed by atoms with Gasteiger partial charge in [0.1, 0.15) is 5.82 Å². The van der Waals surface area contributed by atoms with Crippen molar-refractivity contribution in [1.29, 1.82) is 0 Å². The van der Waals surface area contributed by atoms with Crippen molar-refractivity contribution < 1.29 is 14.0 Å². The summed E-state index contributed by atoms with van der Waals surface area (Å²) < 4.78 is 12.9. The highest BCUT2D eigenvalue weighted by molar-refractivity contribution is 6.00. The molecule has 0 spiro atoms. The van der Waals surface area contributed by atoms with E-state index in [2.05, 4.69) is 16.0 Å². The number of para-hydroxylation sites is 1. The van der Waals surface area contributed by atoms with E-state index in [1.165, 1.54) is 12.1 Å². The van der Waals surface area contributed by atoms with Crippen LogP contribution in [0.3, 0.4) is 0 Å². The van der Waals surface area contributed by atoms with Crippen LogP contribution in [0.15, 0.2) is 48.5 Å². The first-order chi connectivity index (χ1) is 12.5. The van der Waals surface area contributed by atoms with Crippen LogP contribution in [0.2, 0.25) is 0 Å². The number of rotatable bonds is 8. The first-order valence-electron chi connectivity index (χ1n) is 8.58. The van der Waals surface area contributed by atoms with Gasteiger partial charge in [-0.15, -0.1) is 0 Å². The van der Waals surface area contributed by atoms with Crippen LogP contribution in [0.1, 0.15) is 29.8 Å². The van der Waals surface area contributed by atoms with E-state index in [0.29, 0.717) is 30.3 Å². The molecule has 0 heterocycles. The number of hydrogen-bond donors (Lipinski definition) is 3. The van der Waals surface area contributed by atoms with Gasteiger partial charge in [-0.3, -0.25) is 9.59 Å². The van der Waals surface area contributed by atoms with Crippen molar-refractivity contribution in [3.8, 4) is 0 Å². The van der Waals surface area contributed by atoms with Crippen molar-refractivity contribution in [3.63, 3.8) is 0 Å². The molecule has 0 saturated heterocycles. The molecule has 5 nitrogen and oxygen atoms in total. The van der Waals surface area contributed by atoms with Crippen LogP contribution in [0.5, 0.6) is 0 Å². The molecule has 0 aliphatic carbocycles. The van der Waals surface area contributed by atoms with Crippen LogP contribution >= 0.6 is 0 Å². The van der Waals surface area contributed by atoms with Gasteiger partial charge in [0.25, 0.3) is 5.91 Å². The molecule has 26 heavy (non-hydrogen) atoms. The molecule has 0 aliphatic heterocycles. The molecule has 3 N–H and O–H groups in total. The topological polar surface area (TPSA) is 70.2 Å². The third-order valence-corrected chi connectivity index (χ3v) is 3.68. The Morgan fingerprint density at radius 2 is 1.69 bits per heavy atom. The molecule has 0 aliphatic rings. The quantitative estimate of drug-likeness (QED) is 0.680. The van der Waals surface area contributed by atoms with E-state index >= 15 is 0 Å². The standard InChI is InChI=1S/C20H24FN3O2/c1-14(2)11-24-20(26)17-5-3-4-6-18(17)22-13-19(25)23-12-15-7-9-16(21)10-8-15/h3-10,14,22H,11-13H2,1-2H3,(H,23,25)(H,24,26). The van der Waals surface area contributed by atoms with Crippen molar-refractivity contribution in [2.24, 2.45) is 5.92 Å². The highest BCUT2D eigenvalue weighted by Gasteiger charge is 2.11. The molecule has 2 aromatic carbocycles. The molecule has 0 aromatic heterocycles. The van der Waals surface area contributed by atoms with Crippen LogP contribution in [0.4, 0.5) is 10.1 Å². The van der Waals surface area contributed by atoms with E-state index in [1.807, 2.05) is 13.8 Å². The van der Waals surface area contributed by atoms with E-state index in [4.69, 9.17) is 0 Å². The number of hydrogen-bond acceptors (Lipinski definition) is 3. The second-order valence-corrected chi connectivity index (χ2v) is 6.41. The number of halogens is 1. The Bertz CT molecular complexity index is 745. The van der Waals surface area contributed by atoms with E-state index in [-0.39, 0.29) is 24.2 Å². The minimum absolute atomic E-state index is 0.0374. The predicted octanol–water partition coefficient (Wildman–Crippen LogP) is 2.94. The zero-order valence-electron chi connectivity index (χ0n) is 15.0. The number of amides is 2. The maximum atomic E-state index is 12.9. The summed E-state index contributed by atoms with van der Waals surface area (Å²) in [6.07, 6.45) is 0. The van der Waals surface area contributed by atoms with Gasteiger partial charge in [0, 0.05) is 18.8 Å². The van der Waals surface area contributed by atoms with Crippen molar-refractivity contribution in [2.45, 2.75) is 20.4 Å². The number of carbonyl (C=O) groups is 2. The molecule has 2 rings (SSSR count). The fourth-order valence-electron chi connectivity index (χ4n) is 2.27. The van der Waals surface area contributed by atoms with E-state index in [9.17, 15) is 14.0 Å². The number of anilines is 1. The van der Waals surface area contributed by atoms with Gasteiger partial charge in [0.05, 0.1) is 12.1 Å². The lowest BCUT2D eigenvalue weighted by Gasteiger charge is -2.13. The average molecular weight is 357 g/mol. The van der Waals surface area contributed by atoms with Gasteiger partial charge < -0.3 is 16.0 Å². The number of carbonyl (C=O) groups excluding carboxylic acids is 2. The Morgan fingerprint density at radius 1 is 1.00 bits per heavy atom. The monoisotopic (exact) mass is 357 g/mol. The molecule has 0 unspecified atom stereocenters. The summed E-state index contributed by atoms with van der Waals surface area (Å²) in [4.78, 5) is 24.3. The summed E-state index contributed by atoms with van der Waals surface area (Å²) in [6.45, 7) is 4.99.